The smallest absolute Gasteiger partial charge is 0.373 e. The Labute approximate surface area is 160 Å². The van der Waals surface area contributed by atoms with Gasteiger partial charge < -0.3 is 13.9 Å². The third-order valence-corrected chi connectivity index (χ3v) is 4.18. The van der Waals surface area contributed by atoms with E-state index in [1.54, 1.807) is 24.3 Å². The number of carbonyl (C=O) groups excluding carboxylic acids is 2. The summed E-state index contributed by atoms with van der Waals surface area (Å²) in [5.41, 5.74) is -0.180. The van der Waals surface area contributed by atoms with Gasteiger partial charge in [-0.25, -0.2) is 14.3 Å². The molecule has 0 saturated carbocycles. The SMILES string of the molecule is CCCCn1nc(C(=O)OCc2ccc(C(=O)OC)o2)c2ccccc2c1=O. The van der Waals surface area contributed by atoms with Crippen molar-refractivity contribution in [3.63, 3.8) is 0 Å². The lowest BCUT2D eigenvalue weighted by Crippen LogP contribution is -2.26. The Kier molecular flexibility index (Phi) is 5.88. The highest BCUT2D eigenvalue weighted by Crippen LogP contribution is 2.16. The summed E-state index contributed by atoms with van der Waals surface area (Å²) < 4.78 is 16.4. The first-order valence-electron chi connectivity index (χ1n) is 8.89. The van der Waals surface area contributed by atoms with Gasteiger partial charge >= 0.3 is 11.9 Å². The molecule has 146 valence electrons. The van der Waals surface area contributed by atoms with Crippen LogP contribution in [0.2, 0.25) is 0 Å². The van der Waals surface area contributed by atoms with Gasteiger partial charge in [-0.05, 0) is 24.6 Å². The average molecular weight is 384 g/mol. The van der Waals surface area contributed by atoms with Crippen molar-refractivity contribution in [3.8, 4) is 0 Å². The summed E-state index contributed by atoms with van der Waals surface area (Å²) in [6, 6.07) is 9.74. The van der Waals surface area contributed by atoms with E-state index >= 15 is 0 Å². The molecule has 1 aromatic carbocycles. The molecule has 0 spiro atoms. The van der Waals surface area contributed by atoms with Crippen molar-refractivity contribution in [2.45, 2.75) is 32.9 Å². The molecule has 3 rings (SSSR count). The van der Waals surface area contributed by atoms with E-state index in [-0.39, 0.29) is 29.4 Å². The summed E-state index contributed by atoms with van der Waals surface area (Å²) >= 11 is 0. The summed E-state index contributed by atoms with van der Waals surface area (Å²) in [7, 11) is 1.24. The summed E-state index contributed by atoms with van der Waals surface area (Å²) in [6.07, 6.45) is 1.66. The van der Waals surface area contributed by atoms with Gasteiger partial charge in [-0.3, -0.25) is 4.79 Å². The van der Waals surface area contributed by atoms with Crippen molar-refractivity contribution in [2.24, 2.45) is 0 Å². The van der Waals surface area contributed by atoms with Crippen LogP contribution >= 0.6 is 0 Å². The van der Waals surface area contributed by atoms with E-state index in [1.165, 1.54) is 23.9 Å². The van der Waals surface area contributed by atoms with Crippen LogP contribution in [0.25, 0.3) is 10.8 Å². The molecule has 28 heavy (non-hydrogen) atoms. The first-order chi connectivity index (χ1) is 13.5. The standard InChI is InChI=1S/C20H20N2O6/c1-3-4-11-22-18(23)15-8-6-5-7-14(15)17(21-22)20(25)27-12-13-9-10-16(28-13)19(24)26-2/h5-10H,3-4,11-12H2,1-2H3. The molecule has 8 heteroatoms. The van der Waals surface area contributed by atoms with Gasteiger partial charge in [-0.2, -0.15) is 5.10 Å². The zero-order valence-corrected chi connectivity index (χ0v) is 15.6. The Hall–Kier alpha value is -3.42. The van der Waals surface area contributed by atoms with Crippen LogP contribution < -0.4 is 5.56 Å². The number of furan rings is 1. The maximum Gasteiger partial charge on any atom is 0.373 e. The first-order valence-corrected chi connectivity index (χ1v) is 8.89. The van der Waals surface area contributed by atoms with Crippen LogP contribution in [0.3, 0.4) is 0 Å². The van der Waals surface area contributed by atoms with E-state index in [4.69, 9.17) is 9.15 Å². The van der Waals surface area contributed by atoms with E-state index in [0.717, 1.165) is 12.8 Å². The molecule has 0 aliphatic carbocycles. The van der Waals surface area contributed by atoms with Crippen molar-refractivity contribution in [2.75, 3.05) is 7.11 Å². The molecule has 0 atom stereocenters. The van der Waals surface area contributed by atoms with Crippen molar-refractivity contribution in [1.82, 2.24) is 9.78 Å². The number of unbranched alkanes of at least 4 members (excludes halogenated alkanes) is 1. The maximum atomic E-state index is 12.6. The van der Waals surface area contributed by atoms with Crippen LogP contribution in [0.1, 0.15) is 46.6 Å². The van der Waals surface area contributed by atoms with Gasteiger partial charge in [0.15, 0.2) is 5.69 Å². The second-order valence-electron chi connectivity index (χ2n) is 6.11. The van der Waals surface area contributed by atoms with E-state index in [1.807, 2.05) is 6.92 Å². The lowest BCUT2D eigenvalue weighted by molar-refractivity contribution is 0.0431. The van der Waals surface area contributed by atoms with Crippen molar-refractivity contribution in [3.05, 3.63) is 64.0 Å². The van der Waals surface area contributed by atoms with Crippen molar-refractivity contribution < 1.29 is 23.5 Å². The molecule has 0 aliphatic rings. The highest BCUT2D eigenvalue weighted by Gasteiger charge is 2.19. The van der Waals surface area contributed by atoms with Gasteiger partial charge in [0.05, 0.1) is 12.5 Å². The minimum atomic E-state index is -0.683. The van der Waals surface area contributed by atoms with Gasteiger partial charge in [0, 0.05) is 11.9 Å². The van der Waals surface area contributed by atoms with Gasteiger partial charge in [0.1, 0.15) is 12.4 Å². The largest absolute Gasteiger partial charge is 0.463 e. The number of hydrogen-bond acceptors (Lipinski definition) is 7. The number of benzene rings is 1. The molecule has 2 aromatic heterocycles. The van der Waals surface area contributed by atoms with Crippen molar-refractivity contribution >= 4 is 22.7 Å². The minimum absolute atomic E-state index is 0.0187. The summed E-state index contributed by atoms with van der Waals surface area (Å²) in [6.45, 7) is 2.24. The Balaban J connectivity index is 1.86. The fourth-order valence-electron chi connectivity index (χ4n) is 2.72. The zero-order chi connectivity index (χ0) is 20.1. The Morgan fingerprint density at radius 2 is 1.86 bits per heavy atom. The molecule has 0 bridgehead atoms. The molecule has 8 nitrogen and oxygen atoms in total. The molecular weight excluding hydrogens is 364 g/mol. The molecule has 0 amide bonds. The summed E-state index contributed by atoms with van der Waals surface area (Å²) in [5.74, 6) is -0.992. The number of nitrogens with zero attached hydrogens (tertiary/aromatic N) is 2. The monoisotopic (exact) mass is 384 g/mol. The minimum Gasteiger partial charge on any atom is -0.463 e. The van der Waals surface area contributed by atoms with E-state index in [9.17, 15) is 14.4 Å². The molecule has 0 radical (unpaired) electrons. The number of rotatable bonds is 7. The number of esters is 2. The van der Waals surface area contributed by atoms with E-state index in [0.29, 0.717) is 17.3 Å². The zero-order valence-electron chi connectivity index (χ0n) is 15.6. The molecule has 3 aromatic rings. The molecule has 0 aliphatic heterocycles. The Bertz CT molecular complexity index is 1070. The van der Waals surface area contributed by atoms with Crippen LogP contribution in [0.4, 0.5) is 0 Å². The number of hydrogen-bond donors (Lipinski definition) is 0. The number of aromatic nitrogens is 2. The average Bonchev–Trinajstić information content (AvgIpc) is 3.20. The Morgan fingerprint density at radius 1 is 1.11 bits per heavy atom. The van der Waals surface area contributed by atoms with Crippen LogP contribution in [-0.4, -0.2) is 28.8 Å². The number of aryl methyl sites for hydroxylation is 1. The quantitative estimate of drug-likeness (QED) is 0.577. The topological polar surface area (TPSA) is 101 Å². The summed E-state index contributed by atoms with van der Waals surface area (Å²) in [5, 5.41) is 5.06. The maximum absolute atomic E-state index is 12.6. The van der Waals surface area contributed by atoms with E-state index in [2.05, 4.69) is 9.84 Å². The fraction of sp³-hybridized carbons (Fsp3) is 0.300. The molecule has 0 saturated heterocycles. The third kappa shape index (κ3) is 3.95. The molecule has 0 fully saturated rings. The van der Waals surface area contributed by atoms with Gasteiger partial charge in [0.2, 0.25) is 5.76 Å². The second kappa shape index (κ2) is 8.51. The van der Waals surface area contributed by atoms with Crippen molar-refractivity contribution in [1.29, 1.82) is 0 Å². The highest BCUT2D eigenvalue weighted by atomic mass is 16.6. The molecule has 2 heterocycles. The molecule has 0 N–H and O–H groups in total. The van der Waals surface area contributed by atoms with Crippen LogP contribution in [0.5, 0.6) is 0 Å². The van der Waals surface area contributed by atoms with Gasteiger partial charge in [-0.1, -0.05) is 31.5 Å². The highest BCUT2D eigenvalue weighted by molar-refractivity contribution is 6.02. The van der Waals surface area contributed by atoms with Crippen LogP contribution in [0, 0.1) is 0 Å². The molecular formula is C20H20N2O6. The van der Waals surface area contributed by atoms with E-state index < -0.39 is 11.9 Å². The number of ether oxygens (including phenoxy) is 2. The van der Waals surface area contributed by atoms with Crippen LogP contribution in [-0.2, 0) is 22.6 Å². The normalized spacial score (nSPS) is 10.8. The van der Waals surface area contributed by atoms with Gasteiger partial charge in [-0.15, -0.1) is 0 Å². The number of carbonyl (C=O) groups is 2. The third-order valence-electron chi connectivity index (χ3n) is 4.18. The second-order valence-corrected chi connectivity index (χ2v) is 6.11. The summed E-state index contributed by atoms with van der Waals surface area (Å²) in [4.78, 5) is 36.6. The predicted molar refractivity (Wildman–Crippen MR) is 100 cm³/mol. The number of fused-ring (bicyclic) bond motifs is 1. The predicted octanol–water partition coefficient (Wildman–Crippen LogP) is 2.93. The number of methoxy groups -OCH3 is 1. The van der Waals surface area contributed by atoms with Crippen LogP contribution in [0.15, 0.2) is 45.6 Å². The Morgan fingerprint density at radius 3 is 2.57 bits per heavy atom. The molecule has 0 unspecified atom stereocenters. The van der Waals surface area contributed by atoms with Gasteiger partial charge in [0.25, 0.3) is 5.56 Å². The fourth-order valence-corrected chi connectivity index (χ4v) is 2.72. The lowest BCUT2D eigenvalue weighted by atomic mass is 10.1. The first kappa shape index (κ1) is 19.3. The lowest BCUT2D eigenvalue weighted by Gasteiger charge is -2.10.